The number of fused-ring (bicyclic) bond motifs is 1. The Morgan fingerprint density at radius 2 is 2.24 bits per heavy atom. The van der Waals surface area contributed by atoms with Gasteiger partial charge in [0.1, 0.15) is 0 Å². The monoisotopic (exact) mass is 308 g/mol. The van der Waals surface area contributed by atoms with Crippen LogP contribution in [0.5, 0.6) is 0 Å². The molecule has 3 N–H and O–H groups in total. The summed E-state index contributed by atoms with van der Waals surface area (Å²) in [6, 6.07) is 8.05. The number of hydrogen-bond donors (Lipinski definition) is 3. The van der Waals surface area contributed by atoms with Crippen LogP contribution in [0, 0.1) is 0 Å². The van der Waals surface area contributed by atoms with E-state index in [-0.39, 0.29) is 18.7 Å². The van der Waals surface area contributed by atoms with E-state index in [4.69, 9.17) is 0 Å². The Balaban J connectivity index is 2.01. The van der Waals surface area contributed by atoms with E-state index >= 15 is 0 Å². The highest BCUT2D eigenvalue weighted by atomic mass is 32.2. The van der Waals surface area contributed by atoms with Crippen LogP contribution >= 0.6 is 11.8 Å². The highest BCUT2D eigenvalue weighted by Crippen LogP contribution is 2.35. The predicted molar refractivity (Wildman–Crippen MR) is 86.6 cm³/mol. The first-order valence-corrected chi connectivity index (χ1v) is 8.48. The van der Waals surface area contributed by atoms with Gasteiger partial charge in [-0.2, -0.15) is 0 Å². The lowest BCUT2D eigenvalue weighted by molar-refractivity contribution is 0.162. The summed E-state index contributed by atoms with van der Waals surface area (Å²) in [5.74, 6) is 1.01. The molecule has 21 heavy (non-hydrogen) atoms. The Hall–Kier alpha value is -1.20. The molecule has 1 aromatic rings. The molecule has 1 aromatic carbocycles. The smallest absolute Gasteiger partial charge is 0.315 e. The second kappa shape index (κ2) is 7.18. The summed E-state index contributed by atoms with van der Waals surface area (Å²) in [6.07, 6.45) is 2.60. The average molecular weight is 308 g/mol. The van der Waals surface area contributed by atoms with Crippen LogP contribution < -0.4 is 10.6 Å². The maximum atomic E-state index is 12.2. The lowest BCUT2D eigenvalue weighted by Crippen LogP contribution is -2.53. The van der Waals surface area contributed by atoms with Crippen molar-refractivity contribution in [1.82, 2.24) is 10.6 Å². The molecule has 1 heterocycles. The van der Waals surface area contributed by atoms with Crippen molar-refractivity contribution in [2.75, 3.05) is 12.4 Å². The van der Waals surface area contributed by atoms with E-state index in [1.165, 1.54) is 10.5 Å². The molecule has 4 nitrogen and oxygen atoms in total. The number of aliphatic hydroxyl groups is 1. The third-order valence-electron chi connectivity index (χ3n) is 3.83. The molecule has 2 amide bonds. The van der Waals surface area contributed by atoms with Crippen LogP contribution in [-0.4, -0.2) is 29.0 Å². The molecule has 0 bridgehead atoms. The largest absolute Gasteiger partial charge is 0.394 e. The van der Waals surface area contributed by atoms with E-state index in [2.05, 4.69) is 22.8 Å². The topological polar surface area (TPSA) is 61.4 Å². The minimum atomic E-state index is -0.554. The van der Waals surface area contributed by atoms with E-state index < -0.39 is 5.54 Å². The molecule has 2 atom stereocenters. The van der Waals surface area contributed by atoms with E-state index in [0.717, 1.165) is 25.0 Å². The summed E-state index contributed by atoms with van der Waals surface area (Å²) in [5, 5.41) is 15.4. The molecule has 2 unspecified atom stereocenters. The second-order valence-electron chi connectivity index (χ2n) is 5.79. The van der Waals surface area contributed by atoms with Crippen LogP contribution in [0.4, 0.5) is 4.79 Å². The molecule has 1 aliphatic rings. The van der Waals surface area contributed by atoms with Gasteiger partial charge in [0.05, 0.1) is 18.2 Å². The van der Waals surface area contributed by atoms with E-state index in [1.807, 2.05) is 37.7 Å². The zero-order valence-electron chi connectivity index (χ0n) is 12.7. The van der Waals surface area contributed by atoms with Gasteiger partial charge in [0.15, 0.2) is 0 Å². The summed E-state index contributed by atoms with van der Waals surface area (Å²) < 4.78 is 0. The Kier molecular flexibility index (Phi) is 5.53. The molecule has 0 aromatic heterocycles. The minimum absolute atomic E-state index is 0.0482. The van der Waals surface area contributed by atoms with Gasteiger partial charge in [-0.15, -0.1) is 11.8 Å². The van der Waals surface area contributed by atoms with E-state index in [0.29, 0.717) is 0 Å². The Bertz CT molecular complexity index is 495. The first-order valence-electron chi connectivity index (χ1n) is 7.49. The highest BCUT2D eigenvalue weighted by Gasteiger charge is 2.27. The van der Waals surface area contributed by atoms with Crippen LogP contribution in [0.1, 0.15) is 44.7 Å². The number of benzene rings is 1. The van der Waals surface area contributed by atoms with Crippen LogP contribution in [-0.2, 0) is 0 Å². The molecule has 0 saturated carbocycles. The van der Waals surface area contributed by atoms with Crippen LogP contribution in [0.3, 0.4) is 0 Å². The van der Waals surface area contributed by atoms with Crippen LogP contribution in [0.15, 0.2) is 29.2 Å². The van der Waals surface area contributed by atoms with Gasteiger partial charge in [-0.3, -0.25) is 0 Å². The minimum Gasteiger partial charge on any atom is -0.394 e. The van der Waals surface area contributed by atoms with Gasteiger partial charge < -0.3 is 15.7 Å². The first-order chi connectivity index (χ1) is 10.1. The molecule has 5 heteroatoms. The number of thioether (sulfide) groups is 1. The van der Waals surface area contributed by atoms with Crippen LogP contribution in [0.25, 0.3) is 0 Å². The van der Waals surface area contributed by atoms with Crippen molar-refractivity contribution in [2.24, 2.45) is 0 Å². The second-order valence-corrected chi connectivity index (χ2v) is 6.93. The molecule has 2 rings (SSSR count). The third-order valence-corrected chi connectivity index (χ3v) is 4.95. The molecular weight excluding hydrogens is 284 g/mol. The normalized spacial score (nSPS) is 20.2. The van der Waals surface area contributed by atoms with Crippen molar-refractivity contribution < 1.29 is 9.90 Å². The van der Waals surface area contributed by atoms with E-state index in [9.17, 15) is 9.90 Å². The molecule has 0 fully saturated rings. The van der Waals surface area contributed by atoms with Crippen LogP contribution in [0.2, 0.25) is 0 Å². The maximum Gasteiger partial charge on any atom is 0.315 e. The fraction of sp³-hybridized carbons (Fsp3) is 0.562. The molecule has 0 spiro atoms. The number of urea groups is 1. The SMILES string of the molecule is CCCC(C)(CO)NC(=O)NC1CCSc2ccccc21. The fourth-order valence-corrected chi connectivity index (χ4v) is 3.82. The molecule has 0 radical (unpaired) electrons. The number of hydrogen-bond acceptors (Lipinski definition) is 3. The number of aliphatic hydroxyl groups excluding tert-OH is 1. The Labute approximate surface area is 130 Å². The van der Waals surface area contributed by atoms with Crippen molar-refractivity contribution >= 4 is 17.8 Å². The number of nitrogens with one attached hydrogen (secondary N) is 2. The first kappa shape index (κ1) is 16.2. The van der Waals surface area contributed by atoms with Crippen molar-refractivity contribution in [2.45, 2.75) is 49.6 Å². The van der Waals surface area contributed by atoms with Crippen molar-refractivity contribution in [3.05, 3.63) is 29.8 Å². The highest BCUT2D eigenvalue weighted by molar-refractivity contribution is 7.99. The van der Waals surface area contributed by atoms with Crippen molar-refractivity contribution in [1.29, 1.82) is 0 Å². The molecular formula is C16H24N2O2S. The lowest BCUT2D eigenvalue weighted by atomic mass is 9.97. The standard InChI is InChI=1S/C16H24N2O2S/c1-3-9-16(2,11-19)18-15(20)17-13-8-10-21-14-7-5-4-6-12(13)14/h4-7,13,19H,3,8-11H2,1-2H3,(H2,17,18,20). The van der Waals surface area contributed by atoms with Crippen molar-refractivity contribution in [3.63, 3.8) is 0 Å². The Morgan fingerprint density at radius 1 is 1.48 bits per heavy atom. The van der Waals surface area contributed by atoms with Gasteiger partial charge in [-0.25, -0.2) is 4.79 Å². The maximum absolute atomic E-state index is 12.2. The van der Waals surface area contributed by atoms with Gasteiger partial charge in [0.2, 0.25) is 0 Å². The predicted octanol–water partition coefficient (Wildman–Crippen LogP) is 3.07. The zero-order chi connectivity index (χ0) is 15.3. The average Bonchev–Trinajstić information content (AvgIpc) is 2.48. The summed E-state index contributed by atoms with van der Waals surface area (Å²) >= 11 is 1.83. The van der Waals surface area contributed by atoms with Gasteiger partial charge >= 0.3 is 6.03 Å². The lowest BCUT2D eigenvalue weighted by Gasteiger charge is -2.31. The molecule has 116 valence electrons. The molecule has 0 aliphatic carbocycles. The summed E-state index contributed by atoms with van der Waals surface area (Å²) in [7, 11) is 0. The van der Waals surface area contributed by atoms with Gasteiger partial charge in [-0.05, 0) is 31.4 Å². The summed E-state index contributed by atoms with van der Waals surface area (Å²) in [5.41, 5.74) is 0.631. The number of amides is 2. The molecule has 1 aliphatic heterocycles. The van der Waals surface area contributed by atoms with Gasteiger partial charge in [-0.1, -0.05) is 31.5 Å². The number of rotatable bonds is 5. The number of carbonyl (C=O) groups is 1. The quantitative estimate of drug-likeness (QED) is 0.783. The van der Waals surface area contributed by atoms with Crippen molar-refractivity contribution in [3.8, 4) is 0 Å². The fourth-order valence-electron chi connectivity index (χ4n) is 2.69. The summed E-state index contributed by atoms with van der Waals surface area (Å²) in [6.45, 7) is 3.87. The number of carbonyl (C=O) groups excluding carboxylic acids is 1. The van der Waals surface area contributed by atoms with E-state index in [1.54, 1.807) is 0 Å². The third kappa shape index (κ3) is 4.14. The van der Waals surface area contributed by atoms with Gasteiger partial charge in [0.25, 0.3) is 0 Å². The zero-order valence-corrected chi connectivity index (χ0v) is 13.5. The Morgan fingerprint density at radius 3 is 2.95 bits per heavy atom. The summed E-state index contributed by atoms with van der Waals surface area (Å²) in [4.78, 5) is 13.5. The van der Waals surface area contributed by atoms with Gasteiger partial charge in [0, 0.05) is 10.6 Å². The molecule has 0 saturated heterocycles.